The van der Waals surface area contributed by atoms with Gasteiger partial charge in [-0.15, -0.1) is 0 Å². The Labute approximate surface area is 512 Å². The van der Waals surface area contributed by atoms with Crippen LogP contribution < -0.4 is 0 Å². The van der Waals surface area contributed by atoms with Gasteiger partial charge >= 0.3 is 17.9 Å². The predicted molar refractivity (Wildman–Crippen MR) is 358 cm³/mol. The molecule has 0 aliphatic heterocycles. The first-order chi connectivity index (χ1) is 40.5. The van der Waals surface area contributed by atoms with E-state index in [9.17, 15) is 14.4 Å². The van der Waals surface area contributed by atoms with E-state index in [1.54, 1.807) is 0 Å². The van der Waals surface area contributed by atoms with E-state index >= 15 is 0 Å². The number of allylic oxidation sites excluding steroid dienone is 6. The molecule has 482 valence electrons. The van der Waals surface area contributed by atoms with E-state index in [1.165, 1.54) is 308 Å². The fourth-order valence-corrected chi connectivity index (χ4v) is 11.3. The van der Waals surface area contributed by atoms with Gasteiger partial charge in [-0.2, -0.15) is 0 Å². The summed E-state index contributed by atoms with van der Waals surface area (Å²) in [4.78, 5) is 38.5. The third-order valence-corrected chi connectivity index (χ3v) is 16.9. The first-order valence-corrected chi connectivity index (χ1v) is 37.0. The molecule has 82 heavy (non-hydrogen) atoms. The molecule has 0 aromatic heterocycles. The van der Waals surface area contributed by atoms with Crippen LogP contribution in [0.4, 0.5) is 0 Å². The Bertz CT molecular complexity index is 1370. The molecule has 0 saturated carbocycles. The summed E-state index contributed by atoms with van der Waals surface area (Å²) < 4.78 is 17.0. The largest absolute Gasteiger partial charge is 0.462 e. The fourth-order valence-electron chi connectivity index (χ4n) is 11.3. The van der Waals surface area contributed by atoms with E-state index < -0.39 is 6.10 Å². The van der Waals surface area contributed by atoms with Crippen LogP contribution in [-0.4, -0.2) is 37.2 Å². The first kappa shape index (κ1) is 79.6. The van der Waals surface area contributed by atoms with Crippen LogP contribution in [0.25, 0.3) is 0 Å². The summed E-state index contributed by atoms with van der Waals surface area (Å²) in [6, 6.07) is 0. The van der Waals surface area contributed by atoms with Crippen molar-refractivity contribution in [1.82, 2.24) is 0 Å². The van der Waals surface area contributed by atoms with Crippen LogP contribution in [0.3, 0.4) is 0 Å². The molecule has 0 radical (unpaired) electrons. The topological polar surface area (TPSA) is 78.9 Å². The van der Waals surface area contributed by atoms with Crippen molar-refractivity contribution in [1.29, 1.82) is 0 Å². The molecule has 0 aliphatic carbocycles. The minimum absolute atomic E-state index is 0.0673. The maximum atomic E-state index is 13.0. The maximum Gasteiger partial charge on any atom is 0.306 e. The molecular weight excluding hydrogens is 1010 g/mol. The molecule has 1 unspecified atom stereocenters. The van der Waals surface area contributed by atoms with Crippen LogP contribution in [0.2, 0.25) is 0 Å². The highest BCUT2D eigenvalue weighted by Gasteiger charge is 2.20. The highest BCUT2D eigenvalue weighted by Crippen LogP contribution is 2.19. The molecule has 0 N–H and O–H groups in total. The molecule has 0 fully saturated rings. The number of ether oxygens (including phenoxy) is 3. The Morgan fingerprint density at radius 1 is 0.244 bits per heavy atom. The number of esters is 3. The van der Waals surface area contributed by atoms with Crippen LogP contribution in [0.1, 0.15) is 412 Å². The van der Waals surface area contributed by atoms with Crippen LogP contribution in [0.15, 0.2) is 36.5 Å². The zero-order chi connectivity index (χ0) is 59.2. The Hall–Kier alpha value is -2.37. The van der Waals surface area contributed by atoms with E-state index in [2.05, 4.69) is 57.2 Å². The summed E-state index contributed by atoms with van der Waals surface area (Å²) in [5.74, 6) is -0.837. The highest BCUT2D eigenvalue weighted by atomic mass is 16.6. The molecule has 0 rings (SSSR count). The van der Waals surface area contributed by atoms with Gasteiger partial charge in [-0.1, -0.05) is 353 Å². The minimum Gasteiger partial charge on any atom is -0.462 e. The standard InChI is InChI=1S/C76H142O6/c1-4-7-10-13-16-19-22-25-28-31-34-36-38-40-42-45-48-51-54-57-60-63-66-69-75(78)81-72-73(71-80-74(77)68-65-62-59-56-53-50-47-44-33-30-27-24-21-18-15-12-9-6-3)82-76(79)70-67-64-61-58-55-52-49-46-43-41-39-37-35-32-29-26-23-20-17-14-11-8-5-2/h22,25,31-32,34-35,73H,4-21,23-24,26-30,33,36-72H2,1-3H3/b25-22-,34-31-,35-32-. The van der Waals surface area contributed by atoms with Gasteiger partial charge in [0.05, 0.1) is 0 Å². The quantitative estimate of drug-likeness (QED) is 0.0261. The molecule has 1 atom stereocenters. The SMILES string of the molecule is CCCCCCC/C=C\C/C=C\CCCCCCCCCCCCCC(=O)OCC(COC(=O)CCCCCCCCCCCCCCCCCCCC)OC(=O)CCCCCCCCCCCCC/C=C\CCCCCCCCCC. The Balaban J connectivity index is 4.31. The normalized spacial score (nSPS) is 12.2. The zero-order valence-corrected chi connectivity index (χ0v) is 55.5. The summed E-state index contributed by atoms with van der Waals surface area (Å²) in [6.07, 6.45) is 88.9. The summed E-state index contributed by atoms with van der Waals surface area (Å²) in [5.41, 5.74) is 0. The molecule has 0 aromatic carbocycles. The lowest BCUT2D eigenvalue weighted by Crippen LogP contribution is -2.30. The van der Waals surface area contributed by atoms with Crippen molar-refractivity contribution >= 4 is 17.9 Å². The maximum absolute atomic E-state index is 13.0. The number of carbonyl (C=O) groups is 3. The Morgan fingerprint density at radius 2 is 0.439 bits per heavy atom. The molecule has 6 nitrogen and oxygen atoms in total. The first-order valence-electron chi connectivity index (χ1n) is 37.0. The molecule has 0 bridgehead atoms. The third-order valence-electron chi connectivity index (χ3n) is 16.9. The molecular formula is C76H142O6. The van der Waals surface area contributed by atoms with Gasteiger partial charge in [0.15, 0.2) is 6.10 Å². The fraction of sp³-hybridized carbons (Fsp3) is 0.882. The number of hydrogen-bond acceptors (Lipinski definition) is 6. The zero-order valence-electron chi connectivity index (χ0n) is 55.5. The van der Waals surface area contributed by atoms with Gasteiger partial charge < -0.3 is 14.2 Å². The van der Waals surface area contributed by atoms with Crippen molar-refractivity contribution in [3.63, 3.8) is 0 Å². The highest BCUT2D eigenvalue weighted by molar-refractivity contribution is 5.71. The lowest BCUT2D eigenvalue weighted by atomic mass is 10.0. The van der Waals surface area contributed by atoms with Crippen molar-refractivity contribution in [2.75, 3.05) is 13.2 Å². The van der Waals surface area contributed by atoms with Gasteiger partial charge in [-0.3, -0.25) is 14.4 Å². The minimum atomic E-state index is -0.773. The van der Waals surface area contributed by atoms with Gasteiger partial charge in [0.25, 0.3) is 0 Å². The predicted octanol–water partition coefficient (Wildman–Crippen LogP) is 25.5. The van der Waals surface area contributed by atoms with E-state index in [4.69, 9.17) is 14.2 Å². The van der Waals surface area contributed by atoms with Crippen LogP contribution >= 0.6 is 0 Å². The second kappa shape index (κ2) is 71.1. The summed E-state index contributed by atoms with van der Waals surface area (Å²) in [7, 11) is 0. The van der Waals surface area contributed by atoms with Gasteiger partial charge in [-0.25, -0.2) is 0 Å². The second-order valence-electron chi connectivity index (χ2n) is 25.2. The van der Waals surface area contributed by atoms with Gasteiger partial charge in [-0.05, 0) is 77.0 Å². The number of hydrogen-bond donors (Lipinski definition) is 0. The Kier molecular flexibility index (Phi) is 69.1. The summed E-state index contributed by atoms with van der Waals surface area (Å²) in [5, 5.41) is 0. The van der Waals surface area contributed by atoms with Crippen molar-refractivity contribution in [2.24, 2.45) is 0 Å². The van der Waals surface area contributed by atoms with Crippen molar-refractivity contribution < 1.29 is 28.6 Å². The average Bonchev–Trinajstić information content (AvgIpc) is 3.47. The van der Waals surface area contributed by atoms with Crippen LogP contribution in [-0.2, 0) is 28.6 Å². The van der Waals surface area contributed by atoms with Crippen molar-refractivity contribution in [3.05, 3.63) is 36.5 Å². The van der Waals surface area contributed by atoms with Crippen LogP contribution in [0.5, 0.6) is 0 Å². The third kappa shape index (κ3) is 68.4. The molecule has 0 amide bonds. The summed E-state index contributed by atoms with van der Waals surface area (Å²) in [6.45, 7) is 6.71. The smallest absolute Gasteiger partial charge is 0.306 e. The lowest BCUT2D eigenvalue weighted by molar-refractivity contribution is -0.167. The van der Waals surface area contributed by atoms with E-state index in [-0.39, 0.29) is 31.1 Å². The number of rotatable bonds is 69. The number of unbranched alkanes of at least 4 members (excludes halogenated alkanes) is 52. The molecule has 0 spiro atoms. The lowest BCUT2D eigenvalue weighted by Gasteiger charge is -2.18. The van der Waals surface area contributed by atoms with Crippen LogP contribution in [0, 0.1) is 0 Å². The van der Waals surface area contributed by atoms with E-state index in [0.717, 1.165) is 64.2 Å². The monoisotopic (exact) mass is 1150 g/mol. The van der Waals surface area contributed by atoms with Gasteiger partial charge in [0.2, 0.25) is 0 Å². The molecule has 0 saturated heterocycles. The summed E-state index contributed by atoms with van der Waals surface area (Å²) >= 11 is 0. The molecule has 6 heteroatoms. The Morgan fingerprint density at radius 3 is 0.683 bits per heavy atom. The molecule has 0 heterocycles. The van der Waals surface area contributed by atoms with Crippen molar-refractivity contribution in [3.8, 4) is 0 Å². The average molecular weight is 1150 g/mol. The molecule has 0 aromatic rings. The van der Waals surface area contributed by atoms with Gasteiger partial charge in [0.1, 0.15) is 13.2 Å². The molecule has 0 aliphatic rings. The van der Waals surface area contributed by atoms with E-state index in [0.29, 0.717) is 19.3 Å². The number of carbonyl (C=O) groups excluding carboxylic acids is 3. The second-order valence-corrected chi connectivity index (χ2v) is 25.2. The van der Waals surface area contributed by atoms with E-state index in [1.807, 2.05) is 0 Å². The van der Waals surface area contributed by atoms with Gasteiger partial charge in [0, 0.05) is 19.3 Å². The van der Waals surface area contributed by atoms with Crippen molar-refractivity contribution in [2.45, 2.75) is 419 Å².